The summed E-state index contributed by atoms with van der Waals surface area (Å²) in [6.45, 7) is 0. The molecule has 0 spiro atoms. The van der Waals surface area contributed by atoms with Gasteiger partial charge in [0, 0.05) is 18.3 Å². The van der Waals surface area contributed by atoms with Crippen molar-refractivity contribution >= 4 is 12.0 Å². The Balaban J connectivity index is 2.09. The molecule has 1 aromatic carbocycles. The molecule has 1 atom stereocenters. The maximum atomic E-state index is 10.3. The van der Waals surface area contributed by atoms with E-state index in [1.165, 1.54) is 5.56 Å². The highest BCUT2D eigenvalue weighted by molar-refractivity contribution is 5.59. The molecule has 0 aromatic heterocycles. The summed E-state index contributed by atoms with van der Waals surface area (Å²) >= 11 is 0. The van der Waals surface area contributed by atoms with E-state index in [2.05, 4.69) is 5.32 Å². The summed E-state index contributed by atoms with van der Waals surface area (Å²) in [7, 11) is 0. The highest BCUT2D eigenvalue weighted by atomic mass is 16.3. The molecule has 3 heteroatoms. The molecule has 15 heavy (non-hydrogen) atoms. The Morgan fingerprint density at radius 1 is 1.47 bits per heavy atom. The molecule has 2 N–H and O–H groups in total. The van der Waals surface area contributed by atoms with Gasteiger partial charge in [0.2, 0.25) is 0 Å². The fourth-order valence-corrected chi connectivity index (χ4v) is 1.74. The number of aliphatic hydroxyl groups excluding tert-OH is 1. The molecule has 0 radical (unpaired) electrons. The number of hydrogen-bond acceptors (Lipinski definition) is 3. The molecule has 0 saturated carbocycles. The minimum absolute atomic E-state index is 0.408. The van der Waals surface area contributed by atoms with Crippen molar-refractivity contribution in [2.24, 2.45) is 0 Å². The van der Waals surface area contributed by atoms with E-state index in [9.17, 15) is 9.90 Å². The van der Waals surface area contributed by atoms with Gasteiger partial charge >= 0.3 is 0 Å². The second kappa shape index (κ2) is 4.28. The largest absolute Gasteiger partial charge is 0.385 e. The van der Waals surface area contributed by atoms with Crippen molar-refractivity contribution in [1.82, 2.24) is 0 Å². The van der Waals surface area contributed by atoms with Crippen molar-refractivity contribution in [3.8, 4) is 0 Å². The summed E-state index contributed by atoms with van der Waals surface area (Å²) < 4.78 is 0. The summed E-state index contributed by atoms with van der Waals surface area (Å²) in [5, 5.41) is 12.4. The first kappa shape index (κ1) is 9.93. The quantitative estimate of drug-likeness (QED) is 0.732. The lowest BCUT2D eigenvalue weighted by molar-refractivity contribution is -0.114. The molecule has 1 aromatic rings. The van der Waals surface area contributed by atoms with E-state index >= 15 is 0 Å². The molecule has 1 unspecified atom stereocenters. The van der Waals surface area contributed by atoms with Crippen LogP contribution in [-0.2, 0) is 11.2 Å². The topological polar surface area (TPSA) is 49.3 Å². The highest BCUT2D eigenvalue weighted by Crippen LogP contribution is 2.25. The fourth-order valence-electron chi connectivity index (χ4n) is 1.74. The van der Waals surface area contributed by atoms with Gasteiger partial charge in [-0.15, -0.1) is 0 Å². The molecular formula is C12H13NO2. The van der Waals surface area contributed by atoms with Crippen molar-refractivity contribution in [1.29, 1.82) is 0 Å². The molecule has 0 fully saturated rings. The van der Waals surface area contributed by atoms with Gasteiger partial charge in [-0.1, -0.05) is 18.2 Å². The van der Waals surface area contributed by atoms with E-state index < -0.39 is 6.10 Å². The predicted molar refractivity (Wildman–Crippen MR) is 58.5 cm³/mol. The van der Waals surface area contributed by atoms with Gasteiger partial charge in [0.05, 0.1) is 0 Å². The molecule has 0 amide bonds. The van der Waals surface area contributed by atoms with Crippen molar-refractivity contribution in [2.75, 3.05) is 5.32 Å². The summed E-state index contributed by atoms with van der Waals surface area (Å²) in [5.41, 5.74) is 3.35. The number of aldehydes is 1. The van der Waals surface area contributed by atoms with E-state index in [0.717, 1.165) is 17.7 Å². The van der Waals surface area contributed by atoms with Crippen LogP contribution in [0.25, 0.3) is 0 Å². The summed E-state index contributed by atoms with van der Waals surface area (Å²) in [4.78, 5) is 10.3. The third kappa shape index (κ3) is 2.25. The number of hydrogen-bond donors (Lipinski definition) is 2. The number of aliphatic hydroxyl groups is 1. The molecule has 1 aliphatic rings. The lowest BCUT2D eigenvalue weighted by Gasteiger charge is -2.18. The number of benzene rings is 1. The van der Waals surface area contributed by atoms with Gasteiger partial charge < -0.3 is 15.2 Å². The monoisotopic (exact) mass is 203 g/mol. The number of rotatable bonds is 3. The zero-order valence-corrected chi connectivity index (χ0v) is 8.31. The molecule has 2 rings (SSSR count). The Hall–Kier alpha value is -1.61. The average molecular weight is 203 g/mol. The van der Waals surface area contributed by atoms with Crippen molar-refractivity contribution in [3.05, 3.63) is 41.6 Å². The van der Waals surface area contributed by atoms with E-state index in [4.69, 9.17) is 0 Å². The van der Waals surface area contributed by atoms with E-state index in [-0.39, 0.29) is 0 Å². The minimum atomic E-state index is -0.886. The van der Waals surface area contributed by atoms with Crippen LogP contribution in [0.1, 0.15) is 12.0 Å². The Morgan fingerprint density at radius 2 is 2.27 bits per heavy atom. The molecule has 0 saturated heterocycles. The maximum absolute atomic E-state index is 10.3. The highest BCUT2D eigenvalue weighted by Gasteiger charge is 2.12. The van der Waals surface area contributed by atoms with Gasteiger partial charge in [0.25, 0.3) is 0 Å². The third-order valence-corrected chi connectivity index (χ3v) is 2.50. The molecule has 3 nitrogen and oxygen atoms in total. The molecule has 0 bridgehead atoms. The second-order valence-corrected chi connectivity index (χ2v) is 3.69. The Kier molecular flexibility index (Phi) is 2.83. The summed E-state index contributed by atoms with van der Waals surface area (Å²) in [6, 6.07) is 8.02. The molecule has 78 valence electrons. The molecule has 0 aliphatic carbocycles. The summed E-state index contributed by atoms with van der Waals surface area (Å²) in [5.74, 6) is 0. The lowest BCUT2D eigenvalue weighted by atomic mass is 9.97. The van der Waals surface area contributed by atoms with Gasteiger partial charge in [-0.25, -0.2) is 0 Å². The molecule has 1 heterocycles. The van der Waals surface area contributed by atoms with E-state index in [1.807, 2.05) is 30.5 Å². The number of nitrogens with one attached hydrogen (secondary N) is 1. The lowest BCUT2D eigenvalue weighted by Crippen LogP contribution is -2.13. The number of carbonyl (C=O) groups excluding carboxylic acids is 1. The number of anilines is 1. The summed E-state index contributed by atoms with van der Waals surface area (Å²) in [6.07, 6.45) is 2.76. The number of para-hydroxylation sites is 1. The second-order valence-electron chi connectivity index (χ2n) is 3.69. The maximum Gasteiger partial charge on any atom is 0.148 e. The predicted octanol–water partition coefficient (Wildman–Crippen LogP) is 1.49. The van der Waals surface area contributed by atoms with Crippen LogP contribution in [0.2, 0.25) is 0 Å². The first-order chi connectivity index (χ1) is 7.29. The molecule has 1 aliphatic heterocycles. The van der Waals surface area contributed by atoms with Gasteiger partial charge in [0.1, 0.15) is 12.4 Å². The normalized spacial score (nSPS) is 15.9. The first-order valence-corrected chi connectivity index (χ1v) is 4.95. The Morgan fingerprint density at radius 3 is 3.07 bits per heavy atom. The SMILES string of the molecule is O=CC(O)CC1=CNc2ccccc2C1. The van der Waals surface area contributed by atoms with Crippen LogP contribution in [-0.4, -0.2) is 17.5 Å². The van der Waals surface area contributed by atoms with Crippen LogP contribution in [0.15, 0.2) is 36.0 Å². The molecular weight excluding hydrogens is 190 g/mol. The van der Waals surface area contributed by atoms with Gasteiger partial charge in [-0.05, 0) is 23.6 Å². The van der Waals surface area contributed by atoms with Crippen LogP contribution < -0.4 is 5.32 Å². The first-order valence-electron chi connectivity index (χ1n) is 4.95. The van der Waals surface area contributed by atoms with Gasteiger partial charge in [0.15, 0.2) is 0 Å². The van der Waals surface area contributed by atoms with E-state index in [0.29, 0.717) is 12.7 Å². The van der Waals surface area contributed by atoms with E-state index in [1.54, 1.807) is 0 Å². The fraction of sp³-hybridized carbons (Fsp3) is 0.250. The van der Waals surface area contributed by atoms with Gasteiger partial charge in [-0.2, -0.15) is 0 Å². The minimum Gasteiger partial charge on any atom is -0.385 e. The Bertz CT molecular complexity index is 398. The average Bonchev–Trinajstić information content (AvgIpc) is 2.29. The van der Waals surface area contributed by atoms with Crippen molar-refractivity contribution in [3.63, 3.8) is 0 Å². The zero-order chi connectivity index (χ0) is 10.7. The number of fused-ring (bicyclic) bond motifs is 1. The Labute approximate surface area is 88.4 Å². The standard InChI is InChI=1S/C12H13NO2/c14-8-11(15)6-9-5-10-3-1-2-4-12(10)13-7-9/h1-4,7-8,11,13,15H,5-6H2. The van der Waals surface area contributed by atoms with Gasteiger partial charge in [-0.3, -0.25) is 0 Å². The van der Waals surface area contributed by atoms with Crippen LogP contribution in [0, 0.1) is 0 Å². The zero-order valence-electron chi connectivity index (χ0n) is 8.31. The van der Waals surface area contributed by atoms with Crippen LogP contribution in [0.5, 0.6) is 0 Å². The van der Waals surface area contributed by atoms with Crippen molar-refractivity contribution in [2.45, 2.75) is 18.9 Å². The third-order valence-electron chi connectivity index (χ3n) is 2.50. The van der Waals surface area contributed by atoms with Crippen LogP contribution in [0.3, 0.4) is 0 Å². The smallest absolute Gasteiger partial charge is 0.148 e. The van der Waals surface area contributed by atoms with Crippen LogP contribution >= 0.6 is 0 Å². The van der Waals surface area contributed by atoms with Crippen LogP contribution in [0.4, 0.5) is 5.69 Å². The number of carbonyl (C=O) groups is 1. The van der Waals surface area contributed by atoms with Crippen molar-refractivity contribution < 1.29 is 9.90 Å².